The van der Waals surface area contributed by atoms with E-state index < -0.39 is 0 Å². The molecule has 2 unspecified atom stereocenters. The molecule has 2 aliphatic carbocycles. The van der Waals surface area contributed by atoms with Gasteiger partial charge in [0.1, 0.15) is 5.82 Å². The SMILES string of the molecule is COC(=O)C1CC1COc1ccc2ncc(F)c(CCC34CCC(N)(CC3)CO4)c2n1. The molecule has 2 aromatic rings. The lowest BCUT2D eigenvalue weighted by Crippen LogP contribution is -2.59. The molecule has 166 valence electrons. The van der Waals surface area contributed by atoms with Gasteiger partial charge in [-0.3, -0.25) is 9.78 Å². The first kappa shape index (κ1) is 20.6. The van der Waals surface area contributed by atoms with Gasteiger partial charge in [0.25, 0.3) is 0 Å². The van der Waals surface area contributed by atoms with Gasteiger partial charge in [0, 0.05) is 23.1 Å². The number of hydrogen-bond acceptors (Lipinski definition) is 7. The number of pyridine rings is 2. The van der Waals surface area contributed by atoms with Crippen molar-refractivity contribution in [1.29, 1.82) is 0 Å². The summed E-state index contributed by atoms with van der Waals surface area (Å²) >= 11 is 0. The van der Waals surface area contributed by atoms with E-state index in [1.165, 1.54) is 13.3 Å². The Balaban J connectivity index is 1.30. The van der Waals surface area contributed by atoms with E-state index in [1.54, 1.807) is 12.1 Å². The highest BCUT2D eigenvalue weighted by Gasteiger charge is 2.47. The molecule has 2 aromatic heterocycles. The summed E-state index contributed by atoms with van der Waals surface area (Å²) < 4.78 is 31.5. The average molecular weight is 429 g/mol. The van der Waals surface area contributed by atoms with E-state index in [4.69, 9.17) is 19.9 Å². The first-order chi connectivity index (χ1) is 14.9. The fourth-order valence-corrected chi connectivity index (χ4v) is 4.92. The molecular weight excluding hydrogens is 401 g/mol. The van der Waals surface area contributed by atoms with Crippen molar-refractivity contribution >= 4 is 17.0 Å². The van der Waals surface area contributed by atoms with Crippen LogP contribution in [0.3, 0.4) is 0 Å². The molecular formula is C23H28FN3O4. The minimum Gasteiger partial charge on any atom is -0.477 e. The number of fused-ring (bicyclic) bond motifs is 4. The number of halogens is 1. The molecule has 7 nitrogen and oxygen atoms in total. The van der Waals surface area contributed by atoms with E-state index >= 15 is 0 Å². The van der Waals surface area contributed by atoms with Crippen molar-refractivity contribution in [2.45, 2.75) is 56.1 Å². The summed E-state index contributed by atoms with van der Waals surface area (Å²) in [5.74, 6) is -0.112. The van der Waals surface area contributed by atoms with Gasteiger partial charge in [0.05, 0.1) is 49.1 Å². The van der Waals surface area contributed by atoms with Crippen molar-refractivity contribution in [3.05, 3.63) is 29.7 Å². The Hall–Kier alpha value is -2.32. The van der Waals surface area contributed by atoms with Gasteiger partial charge in [-0.1, -0.05) is 0 Å². The van der Waals surface area contributed by atoms with Gasteiger partial charge < -0.3 is 19.9 Å². The van der Waals surface area contributed by atoms with Gasteiger partial charge in [-0.25, -0.2) is 9.37 Å². The standard InChI is InChI=1S/C23H28FN3O4/c1-29-21(28)16-10-14(16)12-30-19-3-2-18-20(27-19)15(17(24)11-26-18)4-5-23-8-6-22(25,7-9-23)13-31-23/h2-3,11,14,16H,4-10,12-13,25H2,1H3. The van der Waals surface area contributed by atoms with Crippen LogP contribution in [0.25, 0.3) is 11.0 Å². The smallest absolute Gasteiger partial charge is 0.309 e. The monoisotopic (exact) mass is 429 g/mol. The number of ether oxygens (including phenoxy) is 3. The Morgan fingerprint density at radius 1 is 1.32 bits per heavy atom. The number of nitrogens with zero attached hydrogens (tertiary/aromatic N) is 2. The normalized spacial score (nSPS) is 31.6. The molecule has 0 spiro atoms. The molecule has 2 saturated carbocycles. The highest BCUT2D eigenvalue weighted by atomic mass is 19.1. The minimum absolute atomic E-state index is 0.0994. The van der Waals surface area contributed by atoms with Crippen LogP contribution in [-0.4, -0.2) is 47.4 Å². The summed E-state index contributed by atoms with van der Waals surface area (Å²) in [6.07, 6.45) is 7.01. The zero-order valence-electron chi connectivity index (χ0n) is 17.7. The predicted molar refractivity (Wildman–Crippen MR) is 111 cm³/mol. The number of nitrogens with two attached hydrogens (primary N) is 1. The predicted octanol–water partition coefficient (Wildman–Crippen LogP) is 2.93. The van der Waals surface area contributed by atoms with Crippen LogP contribution in [0.5, 0.6) is 5.88 Å². The van der Waals surface area contributed by atoms with Crippen LogP contribution in [0.2, 0.25) is 0 Å². The number of aromatic nitrogens is 2. The first-order valence-corrected chi connectivity index (χ1v) is 11.0. The van der Waals surface area contributed by atoms with Crippen molar-refractivity contribution < 1.29 is 23.4 Å². The van der Waals surface area contributed by atoms with E-state index in [0.29, 0.717) is 42.1 Å². The third kappa shape index (κ3) is 3.99. The summed E-state index contributed by atoms with van der Waals surface area (Å²) in [4.78, 5) is 20.3. The number of rotatable bonds is 7. The van der Waals surface area contributed by atoms with E-state index in [9.17, 15) is 9.18 Å². The molecule has 0 amide bonds. The lowest BCUT2D eigenvalue weighted by atomic mass is 9.70. The molecule has 0 aromatic carbocycles. The molecule has 4 fully saturated rings. The molecule has 31 heavy (non-hydrogen) atoms. The number of carbonyl (C=O) groups is 1. The third-order valence-electron chi connectivity index (χ3n) is 7.26. The van der Waals surface area contributed by atoms with Gasteiger partial charge in [-0.2, -0.15) is 0 Å². The van der Waals surface area contributed by atoms with Crippen molar-refractivity contribution in [2.75, 3.05) is 20.3 Å². The summed E-state index contributed by atoms with van der Waals surface area (Å²) in [6, 6.07) is 3.53. The van der Waals surface area contributed by atoms with E-state index in [1.807, 2.05) is 0 Å². The molecule has 0 radical (unpaired) electrons. The molecule has 2 bridgehead atoms. The summed E-state index contributed by atoms with van der Waals surface area (Å²) in [5, 5.41) is 0. The minimum atomic E-state index is -0.360. The summed E-state index contributed by atoms with van der Waals surface area (Å²) in [5.41, 5.74) is 7.62. The third-order valence-corrected chi connectivity index (χ3v) is 7.26. The van der Waals surface area contributed by atoms with Crippen LogP contribution in [0, 0.1) is 17.7 Å². The number of methoxy groups -OCH3 is 1. The summed E-state index contributed by atoms with van der Waals surface area (Å²) in [7, 11) is 1.39. The van der Waals surface area contributed by atoms with Gasteiger partial charge in [-0.15, -0.1) is 0 Å². The largest absolute Gasteiger partial charge is 0.477 e. The second kappa shape index (κ2) is 7.67. The lowest BCUT2D eigenvalue weighted by Gasteiger charge is -2.51. The second-order valence-corrected chi connectivity index (χ2v) is 9.37. The summed E-state index contributed by atoms with van der Waals surface area (Å²) in [6.45, 7) is 0.963. The molecule has 2 atom stereocenters. The Kier molecular flexibility index (Phi) is 5.09. The topological polar surface area (TPSA) is 96.6 Å². The molecule has 6 rings (SSSR count). The van der Waals surface area contributed by atoms with Crippen LogP contribution in [0.4, 0.5) is 4.39 Å². The second-order valence-electron chi connectivity index (χ2n) is 9.37. The lowest BCUT2D eigenvalue weighted by molar-refractivity contribution is -0.156. The number of aryl methyl sites for hydroxylation is 1. The van der Waals surface area contributed by atoms with Crippen molar-refractivity contribution in [3.8, 4) is 5.88 Å². The fraction of sp³-hybridized carbons (Fsp3) is 0.609. The highest BCUT2D eigenvalue weighted by Crippen LogP contribution is 2.45. The molecule has 2 saturated heterocycles. The van der Waals surface area contributed by atoms with E-state index in [-0.39, 0.29) is 34.8 Å². The maximum atomic E-state index is 14.8. The van der Waals surface area contributed by atoms with Crippen LogP contribution >= 0.6 is 0 Å². The Morgan fingerprint density at radius 2 is 2.13 bits per heavy atom. The van der Waals surface area contributed by atoms with Crippen LogP contribution in [0.1, 0.15) is 44.1 Å². The number of esters is 1. The zero-order chi connectivity index (χ0) is 21.6. The zero-order valence-corrected chi connectivity index (χ0v) is 17.7. The van der Waals surface area contributed by atoms with Crippen molar-refractivity contribution in [2.24, 2.45) is 17.6 Å². The van der Waals surface area contributed by atoms with Gasteiger partial charge in [0.2, 0.25) is 5.88 Å². The average Bonchev–Trinajstić information content (AvgIpc) is 3.57. The quantitative estimate of drug-likeness (QED) is 0.676. The Labute approximate surface area is 180 Å². The van der Waals surface area contributed by atoms with E-state index in [0.717, 1.165) is 38.5 Å². The van der Waals surface area contributed by atoms with Crippen LogP contribution < -0.4 is 10.5 Å². The number of carbonyl (C=O) groups excluding carboxylic acids is 1. The van der Waals surface area contributed by atoms with Crippen LogP contribution in [0.15, 0.2) is 18.3 Å². The molecule has 2 aliphatic heterocycles. The first-order valence-electron chi connectivity index (χ1n) is 11.0. The van der Waals surface area contributed by atoms with Gasteiger partial charge in [-0.05, 0) is 51.0 Å². The van der Waals surface area contributed by atoms with Crippen molar-refractivity contribution in [3.63, 3.8) is 0 Å². The highest BCUT2D eigenvalue weighted by molar-refractivity contribution is 5.78. The maximum Gasteiger partial charge on any atom is 0.309 e. The van der Waals surface area contributed by atoms with Gasteiger partial charge >= 0.3 is 5.97 Å². The number of hydrogen-bond donors (Lipinski definition) is 1. The Bertz CT molecular complexity index is 989. The van der Waals surface area contributed by atoms with Crippen molar-refractivity contribution in [1.82, 2.24) is 9.97 Å². The van der Waals surface area contributed by atoms with Gasteiger partial charge in [0.15, 0.2) is 0 Å². The molecule has 2 N–H and O–H groups in total. The van der Waals surface area contributed by atoms with E-state index in [2.05, 4.69) is 9.97 Å². The molecule has 4 heterocycles. The van der Waals surface area contributed by atoms with Crippen LogP contribution in [-0.2, 0) is 20.7 Å². The molecule has 4 aliphatic rings. The fourth-order valence-electron chi connectivity index (χ4n) is 4.92. The molecule has 8 heteroatoms. The maximum absolute atomic E-state index is 14.8. The Morgan fingerprint density at radius 3 is 2.84 bits per heavy atom.